The summed E-state index contributed by atoms with van der Waals surface area (Å²) in [5.74, 6) is -0.433. The fourth-order valence-corrected chi connectivity index (χ4v) is 2.69. The molecule has 1 aliphatic heterocycles. The average molecular weight is 365 g/mol. The van der Waals surface area contributed by atoms with Gasteiger partial charge in [-0.3, -0.25) is 9.59 Å². The molecule has 1 aromatic carbocycles. The van der Waals surface area contributed by atoms with Gasteiger partial charge >= 0.3 is 0 Å². The molecular weight excluding hydrogens is 338 g/mol. The van der Waals surface area contributed by atoms with Crippen molar-refractivity contribution >= 4 is 28.9 Å². The summed E-state index contributed by atoms with van der Waals surface area (Å²) in [6.45, 7) is 3.90. The molecule has 8 heteroatoms. The summed E-state index contributed by atoms with van der Waals surface area (Å²) in [5.41, 5.74) is 7.67. The van der Waals surface area contributed by atoms with E-state index in [4.69, 9.17) is 19.9 Å². The summed E-state index contributed by atoms with van der Waals surface area (Å²) in [6, 6.07) is 5.31. The average Bonchev–Trinajstić information content (AvgIpc) is 2.96. The van der Waals surface area contributed by atoms with Crippen molar-refractivity contribution in [1.29, 1.82) is 0 Å². The number of rotatable bonds is 10. The van der Waals surface area contributed by atoms with E-state index in [0.717, 1.165) is 5.69 Å². The summed E-state index contributed by atoms with van der Waals surface area (Å²) in [6.07, 6.45) is 0.0833. The number of nitrogens with zero attached hydrogens (tertiary/aromatic N) is 2. The van der Waals surface area contributed by atoms with Gasteiger partial charge in [-0.05, 0) is 25.1 Å². The smallest absolute Gasteiger partial charge is 0.234 e. The van der Waals surface area contributed by atoms with Crippen molar-refractivity contribution in [3.8, 4) is 0 Å². The van der Waals surface area contributed by atoms with E-state index in [0.29, 0.717) is 37.7 Å². The van der Waals surface area contributed by atoms with Gasteiger partial charge in [-0.1, -0.05) is 0 Å². The number of likely N-dealkylation sites (N-methyl/N-ethyl adjacent to an activating group) is 1. The van der Waals surface area contributed by atoms with Gasteiger partial charge in [0, 0.05) is 45.8 Å². The minimum atomic E-state index is -0.374. The molecule has 1 fully saturated rings. The summed E-state index contributed by atoms with van der Waals surface area (Å²) in [5, 5.41) is 0. The molecule has 0 bridgehead atoms. The second kappa shape index (κ2) is 9.51. The number of hydrogen-bond acceptors (Lipinski definition) is 7. The molecule has 1 aliphatic rings. The SMILES string of the molecule is CCOC(COCCN(C)c1ccc(N)c(N2C(=O)CCC2=O)c1)OC. The largest absolute Gasteiger partial charge is 0.397 e. The second-order valence-corrected chi connectivity index (χ2v) is 5.98. The van der Waals surface area contributed by atoms with Gasteiger partial charge in [-0.25, -0.2) is 4.90 Å². The minimum absolute atomic E-state index is 0.216. The number of carbonyl (C=O) groups is 2. The molecule has 1 atom stereocenters. The highest BCUT2D eigenvalue weighted by Crippen LogP contribution is 2.32. The Morgan fingerprint density at radius 1 is 1.27 bits per heavy atom. The molecule has 2 rings (SSSR count). The first-order valence-electron chi connectivity index (χ1n) is 8.66. The molecule has 0 saturated carbocycles. The van der Waals surface area contributed by atoms with E-state index in [1.165, 1.54) is 4.90 Å². The van der Waals surface area contributed by atoms with E-state index in [1.54, 1.807) is 19.2 Å². The summed E-state index contributed by atoms with van der Waals surface area (Å²) < 4.78 is 16.1. The number of nitrogens with two attached hydrogens (primary N) is 1. The normalized spacial score (nSPS) is 15.6. The van der Waals surface area contributed by atoms with Crippen LogP contribution in [0.25, 0.3) is 0 Å². The van der Waals surface area contributed by atoms with Gasteiger partial charge in [0.2, 0.25) is 11.8 Å². The first-order valence-corrected chi connectivity index (χ1v) is 8.66. The number of methoxy groups -OCH3 is 1. The van der Waals surface area contributed by atoms with Crippen LogP contribution in [-0.2, 0) is 23.8 Å². The van der Waals surface area contributed by atoms with Crippen LogP contribution in [0.4, 0.5) is 17.1 Å². The van der Waals surface area contributed by atoms with E-state index < -0.39 is 0 Å². The summed E-state index contributed by atoms with van der Waals surface area (Å²) >= 11 is 0. The molecule has 2 amide bonds. The summed E-state index contributed by atoms with van der Waals surface area (Å²) in [4.78, 5) is 27.1. The third-order valence-corrected chi connectivity index (χ3v) is 4.19. The van der Waals surface area contributed by atoms with E-state index in [1.807, 2.05) is 24.9 Å². The van der Waals surface area contributed by atoms with Gasteiger partial charge in [0.1, 0.15) is 0 Å². The number of hydrogen-bond donors (Lipinski definition) is 1. The lowest BCUT2D eigenvalue weighted by atomic mass is 10.2. The Kier molecular flexibility index (Phi) is 7.38. The molecule has 2 N–H and O–H groups in total. The second-order valence-electron chi connectivity index (χ2n) is 5.98. The van der Waals surface area contributed by atoms with Crippen LogP contribution in [0.15, 0.2) is 18.2 Å². The van der Waals surface area contributed by atoms with Gasteiger partial charge < -0.3 is 24.8 Å². The van der Waals surface area contributed by atoms with Gasteiger partial charge in [-0.2, -0.15) is 0 Å². The molecule has 0 radical (unpaired) electrons. The molecule has 1 heterocycles. The quantitative estimate of drug-likeness (QED) is 0.290. The monoisotopic (exact) mass is 365 g/mol. The fourth-order valence-electron chi connectivity index (χ4n) is 2.69. The van der Waals surface area contributed by atoms with Crippen molar-refractivity contribution in [3.63, 3.8) is 0 Å². The molecule has 1 aromatic rings. The Morgan fingerprint density at radius 3 is 2.58 bits per heavy atom. The van der Waals surface area contributed by atoms with Gasteiger partial charge in [0.15, 0.2) is 6.29 Å². The minimum Gasteiger partial charge on any atom is -0.397 e. The zero-order valence-electron chi connectivity index (χ0n) is 15.6. The predicted molar refractivity (Wildman–Crippen MR) is 99.1 cm³/mol. The van der Waals surface area contributed by atoms with Crippen molar-refractivity contribution in [3.05, 3.63) is 18.2 Å². The standard InChI is InChI=1S/C18H27N3O5/c1-4-26-18(24-3)12-25-10-9-20(2)13-5-6-14(19)15(11-13)21-16(22)7-8-17(21)23/h5-6,11,18H,4,7-10,12,19H2,1-3H3. The summed E-state index contributed by atoms with van der Waals surface area (Å²) in [7, 11) is 3.48. The van der Waals surface area contributed by atoms with Crippen LogP contribution in [0.3, 0.4) is 0 Å². The van der Waals surface area contributed by atoms with Crippen LogP contribution < -0.4 is 15.5 Å². The van der Waals surface area contributed by atoms with Crippen LogP contribution >= 0.6 is 0 Å². The Bertz CT molecular complexity index is 621. The number of nitrogen functional groups attached to an aromatic ring is 1. The molecule has 26 heavy (non-hydrogen) atoms. The van der Waals surface area contributed by atoms with Crippen molar-refractivity contribution in [2.45, 2.75) is 26.1 Å². The fraction of sp³-hybridized carbons (Fsp3) is 0.556. The Labute approximate surface area is 153 Å². The number of amides is 2. The zero-order chi connectivity index (χ0) is 19.1. The molecule has 0 spiro atoms. The first kappa shape index (κ1) is 20.2. The predicted octanol–water partition coefficient (Wildman–Crippen LogP) is 1.38. The number of benzene rings is 1. The number of ether oxygens (including phenoxy) is 3. The molecule has 8 nitrogen and oxygen atoms in total. The first-order chi connectivity index (χ1) is 12.5. The van der Waals surface area contributed by atoms with Gasteiger partial charge in [0.05, 0.1) is 24.6 Å². The molecule has 1 unspecified atom stereocenters. The maximum Gasteiger partial charge on any atom is 0.234 e. The Morgan fingerprint density at radius 2 is 1.96 bits per heavy atom. The van der Waals surface area contributed by atoms with Crippen LogP contribution in [0.2, 0.25) is 0 Å². The Balaban J connectivity index is 1.95. The maximum absolute atomic E-state index is 12.0. The van der Waals surface area contributed by atoms with Crippen molar-refractivity contribution in [2.24, 2.45) is 0 Å². The topological polar surface area (TPSA) is 94.3 Å². The third-order valence-electron chi connectivity index (χ3n) is 4.19. The van der Waals surface area contributed by atoms with Crippen LogP contribution in [-0.4, -0.2) is 58.6 Å². The van der Waals surface area contributed by atoms with Crippen LogP contribution in [0.1, 0.15) is 19.8 Å². The highest BCUT2D eigenvalue weighted by molar-refractivity contribution is 6.21. The van der Waals surface area contributed by atoms with Gasteiger partial charge in [0.25, 0.3) is 0 Å². The lowest BCUT2D eigenvalue weighted by Gasteiger charge is -2.23. The molecular formula is C18H27N3O5. The molecule has 0 aliphatic carbocycles. The van der Waals surface area contributed by atoms with Crippen LogP contribution in [0, 0.1) is 0 Å². The Hall–Kier alpha value is -2.16. The molecule has 144 valence electrons. The van der Waals surface area contributed by atoms with E-state index in [-0.39, 0.29) is 30.9 Å². The lowest BCUT2D eigenvalue weighted by Crippen LogP contribution is -2.30. The third kappa shape index (κ3) is 4.94. The molecule has 0 aromatic heterocycles. The highest BCUT2D eigenvalue weighted by atomic mass is 16.7. The number of anilines is 3. The lowest BCUT2D eigenvalue weighted by molar-refractivity contribution is -0.153. The van der Waals surface area contributed by atoms with Crippen LogP contribution in [0.5, 0.6) is 0 Å². The highest BCUT2D eigenvalue weighted by Gasteiger charge is 2.31. The zero-order valence-corrected chi connectivity index (χ0v) is 15.6. The van der Waals surface area contributed by atoms with E-state index in [2.05, 4.69) is 0 Å². The van der Waals surface area contributed by atoms with E-state index >= 15 is 0 Å². The molecule has 1 saturated heterocycles. The van der Waals surface area contributed by atoms with Crippen molar-refractivity contribution in [1.82, 2.24) is 0 Å². The maximum atomic E-state index is 12.0. The number of carbonyl (C=O) groups excluding carboxylic acids is 2. The number of imide groups is 1. The van der Waals surface area contributed by atoms with Crippen molar-refractivity contribution < 1.29 is 23.8 Å². The van der Waals surface area contributed by atoms with Crippen molar-refractivity contribution in [2.75, 3.05) is 56.1 Å². The van der Waals surface area contributed by atoms with Gasteiger partial charge in [-0.15, -0.1) is 0 Å². The van der Waals surface area contributed by atoms with E-state index in [9.17, 15) is 9.59 Å².